The number of phenols is 1. The number of aromatic nitrogens is 2. The number of anilines is 1. The average molecular weight is 487 g/mol. The highest BCUT2D eigenvalue weighted by atomic mass is 79.9. The fraction of sp³-hybridized carbons (Fsp3) is 0.0952. The van der Waals surface area contributed by atoms with E-state index in [1.165, 1.54) is 10.8 Å². The number of nitrogens with zero attached hydrogens (tertiary/aromatic N) is 2. The third-order valence-electron chi connectivity index (χ3n) is 4.47. The van der Waals surface area contributed by atoms with E-state index in [0.29, 0.717) is 4.47 Å². The minimum atomic E-state index is 0.210. The van der Waals surface area contributed by atoms with Crippen molar-refractivity contribution >= 4 is 48.3 Å². The van der Waals surface area contributed by atoms with E-state index in [2.05, 4.69) is 78.6 Å². The lowest BCUT2D eigenvalue weighted by atomic mass is 10.1. The van der Waals surface area contributed by atoms with Crippen LogP contribution in [0.25, 0.3) is 22.0 Å². The van der Waals surface area contributed by atoms with E-state index >= 15 is 0 Å². The van der Waals surface area contributed by atoms with E-state index in [9.17, 15) is 5.11 Å². The smallest absolute Gasteiger partial charge is 0.139 e. The predicted octanol–water partition coefficient (Wildman–Crippen LogP) is 6.05. The first-order valence-electron chi connectivity index (χ1n) is 8.53. The fourth-order valence-electron chi connectivity index (χ4n) is 3.18. The molecule has 0 aliphatic carbocycles. The molecule has 4 rings (SSSR count). The standard InChI is InChI=1S/C21H17Br2N3O/c22-15-10-17(21(27)18(23)11-15)20-12-24-13-26(20)9-8-25-19-7-3-5-14-4-1-2-6-16(14)19/h1-7,10-13,25,27H,8-9H2. The normalized spacial score (nSPS) is 11.0. The Balaban J connectivity index is 1.55. The van der Waals surface area contributed by atoms with Gasteiger partial charge in [-0.1, -0.05) is 52.3 Å². The van der Waals surface area contributed by atoms with E-state index < -0.39 is 0 Å². The molecule has 1 aromatic heterocycles. The first kappa shape index (κ1) is 18.1. The van der Waals surface area contributed by atoms with Crippen molar-refractivity contribution in [2.75, 3.05) is 11.9 Å². The van der Waals surface area contributed by atoms with Crippen molar-refractivity contribution in [1.82, 2.24) is 9.55 Å². The van der Waals surface area contributed by atoms with Gasteiger partial charge in [-0.05, 0) is 39.5 Å². The molecule has 3 aromatic carbocycles. The van der Waals surface area contributed by atoms with E-state index in [1.807, 2.05) is 22.8 Å². The minimum Gasteiger partial charge on any atom is -0.506 e. The number of benzene rings is 3. The van der Waals surface area contributed by atoms with Gasteiger partial charge in [-0.2, -0.15) is 0 Å². The molecule has 0 fully saturated rings. The summed E-state index contributed by atoms with van der Waals surface area (Å²) in [6.45, 7) is 1.47. The molecule has 4 nitrogen and oxygen atoms in total. The maximum Gasteiger partial charge on any atom is 0.139 e. The predicted molar refractivity (Wildman–Crippen MR) is 117 cm³/mol. The van der Waals surface area contributed by atoms with Crippen molar-refractivity contribution in [2.24, 2.45) is 0 Å². The van der Waals surface area contributed by atoms with Crippen molar-refractivity contribution in [2.45, 2.75) is 6.54 Å². The number of aromatic hydroxyl groups is 1. The Labute approximate surface area is 174 Å². The van der Waals surface area contributed by atoms with Crippen molar-refractivity contribution in [3.8, 4) is 17.0 Å². The van der Waals surface area contributed by atoms with Crippen LogP contribution in [-0.4, -0.2) is 21.2 Å². The van der Waals surface area contributed by atoms with Gasteiger partial charge in [0.2, 0.25) is 0 Å². The molecular weight excluding hydrogens is 470 g/mol. The van der Waals surface area contributed by atoms with Gasteiger partial charge < -0.3 is 15.0 Å². The summed E-state index contributed by atoms with van der Waals surface area (Å²) in [5.41, 5.74) is 2.72. The van der Waals surface area contributed by atoms with Crippen LogP contribution in [-0.2, 0) is 6.54 Å². The number of halogens is 2. The molecule has 0 atom stereocenters. The second kappa shape index (κ2) is 7.74. The van der Waals surface area contributed by atoms with Gasteiger partial charge in [0.25, 0.3) is 0 Å². The van der Waals surface area contributed by atoms with Gasteiger partial charge >= 0.3 is 0 Å². The Morgan fingerprint density at radius 2 is 1.85 bits per heavy atom. The zero-order chi connectivity index (χ0) is 18.8. The highest BCUT2D eigenvalue weighted by Crippen LogP contribution is 2.38. The molecule has 0 saturated carbocycles. The Bertz CT molecular complexity index is 1100. The number of imidazole rings is 1. The van der Waals surface area contributed by atoms with Crippen LogP contribution in [0.2, 0.25) is 0 Å². The quantitative estimate of drug-likeness (QED) is 0.361. The third kappa shape index (κ3) is 3.73. The van der Waals surface area contributed by atoms with Crippen LogP contribution in [0.5, 0.6) is 5.75 Å². The molecule has 6 heteroatoms. The van der Waals surface area contributed by atoms with Crippen molar-refractivity contribution in [3.05, 3.63) is 76.1 Å². The summed E-state index contributed by atoms with van der Waals surface area (Å²) in [7, 11) is 0. The summed E-state index contributed by atoms with van der Waals surface area (Å²) in [5, 5.41) is 16.4. The van der Waals surface area contributed by atoms with Crippen LogP contribution >= 0.6 is 31.9 Å². The molecule has 0 aliphatic rings. The Hall–Kier alpha value is -2.31. The highest BCUT2D eigenvalue weighted by molar-refractivity contribution is 9.11. The molecule has 0 bridgehead atoms. The SMILES string of the molecule is Oc1c(Br)cc(Br)cc1-c1cncn1CCNc1cccc2ccccc12. The lowest BCUT2D eigenvalue weighted by Gasteiger charge is -2.13. The largest absolute Gasteiger partial charge is 0.506 e. The van der Waals surface area contributed by atoms with Crippen molar-refractivity contribution < 1.29 is 5.11 Å². The monoisotopic (exact) mass is 485 g/mol. The van der Waals surface area contributed by atoms with E-state index in [4.69, 9.17) is 0 Å². The Kier molecular flexibility index (Phi) is 5.18. The highest BCUT2D eigenvalue weighted by Gasteiger charge is 2.13. The molecule has 2 N–H and O–H groups in total. The van der Waals surface area contributed by atoms with Crippen LogP contribution < -0.4 is 5.32 Å². The van der Waals surface area contributed by atoms with Gasteiger partial charge in [-0.15, -0.1) is 0 Å². The fourth-order valence-corrected chi connectivity index (χ4v) is 4.40. The summed E-state index contributed by atoms with van der Waals surface area (Å²) in [4.78, 5) is 4.27. The molecule has 0 saturated heterocycles. The lowest BCUT2D eigenvalue weighted by Crippen LogP contribution is -2.11. The van der Waals surface area contributed by atoms with E-state index in [-0.39, 0.29) is 5.75 Å². The third-order valence-corrected chi connectivity index (χ3v) is 5.54. The zero-order valence-corrected chi connectivity index (χ0v) is 17.5. The van der Waals surface area contributed by atoms with Gasteiger partial charge in [0, 0.05) is 34.2 Å². The Morgan fingerprint density at radius 1 is 1.04 bits per heavy atom. The molecule has 1 heterocycles. The van der Waals surface area contributed by atoms with E-state index in [0.717, 1.165) is 34.5 Å². The lowest BCUT2D eigenvalue weighted by molar-refractivity contribution is 0.473. The second-order valence-electron chi connectivity index (χ2n) is 6.21. The number of hydrogen-bond acceptors (Lipinski definition) is 3. The molecule has 0 amide bonds. The maximum absolute atomic E-state index is 10.4. The van der Waals surface area contributed by atoms with Gasteiger partial charge in [-0.25, -0.2) is 4.98 Å². The van der Waals surface area contributed by atoms with Gasteiger partial charge in [0.15, 0.2) is 0 Å². The van der Waals surface area contributed by atoms with Gasteiger partial charge in [0.05, 0.1) is 22.7 Å². The molecule has 27 heavy (non-hydrogen) atoms. The number of fused-ring (bicyclic) bond motifs is 1. The van der Waals surface area contributed by atoms with Gasteiger partial charge in [0.1, 0.15) is 5.75 Å². The summed E-state index contributed by atoms with van der Waals surface area (Å²) >= 11 is 6.87. The maximum atomic E-state index is 10.4. The van der Waals surface area contributed by atoms with Crippen molar-refractivity contribution in [3.63, 3.8) is 0 Å². The number of rotatable bonds is 5. The Morgan fingerprint density at radius 3 is 2.74 bits per heavy atom. The molecule has 0 aliphatic heterocycles. The minimum absolute atomic E-state index is 0.210. The second-order valence-corrected chi connectivity index (χ2v) is 7.98. The van der Waals surface area contributed by atoms with Crippen LogP contribution in [0.15, 0.2) is 76.1 Å². The summed E-state index contributed by atoms with van der Waals surface area (Å²) in [6.07, 6.45) is 3.56. The number of phenolic OH excluding ortho intramolecular Hbond substituents is 1. The average Bonchev–Trinajstić information content (AvgIpc) is 3.13. The molecule has 136 valence electrons. The van der Waals surface area contributed by atoms with Gasteiger partial charge in [-0.3, -0.25) is 0 Å². The number of hydrogen-bond donors (Lipinski definition) is 2. The molecule has 4 aromatic rings. The summed E-state index contributed by atoms with van der Waals surface area (Å²) < 4.78 is 3.57. The van der Waals surface area contributed by atoms with Crippen LogP contribution in [0.3, 0.4) is 0 Å². The summed E-state index contributed by atoms with van der Waals surface area (Å²) in [6, 6.07) is 18.3. The van der Waals surface area contributed by atoms with Crippen LogP contribution in [0, 0.1) is 0 Å². The summed E-state index contributed by atoms with van der Waals surface area (Å²) in [5.74, 6) is 0.210. The molecule has 0 spiro atoms. The van der Waals surface area contributed by atoms with E-state index in [1.54, 1.807) is 12.5 Å². The molecule has 0 radical (unpaired) electrons. The van der Waals surface area contributed by atoms with Crippen LogP contribution in [0.1, 0.15) is 0 Å². The van der Waals surface area contributed by atoms with Crippen molar-refractivity contribution in [1.29, 1.82) is 0 Å². The first-order valence-corrected chi connectivity index (χ1v) is 10.1. The topological polar surface area (TPSA) is 50.1 Å². The molecular formula is C21H17Br2N3O. The zero-order valence-electron chi connectivity index (χ0n) is 14.4. The van der Waals surface area contributed by atoms with Crippen LogP contribution in [0.4, 0.5) is 5.69 Å². The number of nitrogens with one attached hydrogen (secondary N) is 1. The molecule has 0 unspecified atom stereocenters. The first-order chi connectivity index (χ1) is 13.1.